The molecule has 0 atom stereocenters. The summed E-state index contributed by atoms with van der Waals surface area (Å²) in [6, 6.07) is 26.3. The standard InChI is InChI=1S/C24H15N3O/c1-27-21-11-3-2-10-20(21)22(18-8-4-6-16(12-18)14-25)23(24(27)28)19-9-5-7-17(13-19)15-26/h2-13H,1H3. The first kappa shape index (κ1) is 17.3. The molecule has 3 aromatic carbocycles. The predicted molar refractivity (Wildman–Crippen MR) is 109 cm³/mol. The minimum absolute atomic E-state index is 0.147. The predicted octanol–water partition coefficient (Wildman–Crippen LogP) is 4.62. The summed E-state index contributed by atoms with van der Waals surface area (Å²) in [6.45, 7) is 0. The molecule has 1 aromatic heterocycles. The average Bonchev–Trinajstić information content (AvgIpc) is 2.76. The van der Waals surface area contributed by atoms with Gasteiger partial charge in [-0.05, 0) is 41.5 Å². The molecule has 4 nitrogen and oxygen atoms in total. The van der Waals surface area contributed by atoms with Crippen molar-refractivity contribution in [2.24, 2.45) is 7.05 Å². The average molecular weight is 361 g/mol. The summed E-state index contributed by atoms with van der Waals surface area (Å²) in [7, 11) is 1.75. The largest absolute Gasteiger partial charge is 0.311 e. The van der Waals surface area contributed by atoms with E-state index in [0.29, 0.717) is 22.3 Å². The summed E-state index contributed by atoms with van der Waals surface area (Å²) in [5.74, 6) is 0. The summed E-state index contributed by atoms with van der Waals surface area (Å²) in [5, 5.41) is 19.5. The maximum atomic E-state index is 13.3. The Morgan fingerprint density at radius 1 is 0.750 bits per heavy atom. The molecule has 1 heterocycles. The van der Waals surface area contributed by atoms with E-state index in [0.717, 1.165) is 22.0 Å². The van der Waals surface area contributed by atoms with Crippen molar-refractivity contribution in [2.45, 2.75) is 0 Å². The van der Waals surface area contributed by atoms with Gasteiger partial charge in [0.25, 0.3) is 5.56 Å². The van der Waals surface area contributed by atoms with Gasteiger partial charge in [0.05, 0.1) is 34.3 Å². The Hall–Kier alpha value is -4.15. The van der Waals surface area contributed by atoms with Crippen LogP contribution in [0.1, 0.15) is 11.1 Å². The highest BCUT2D eigenvalue weighted by atomic mass is 16.1. The minimum Gasteiger partial charge on any atom is -0.311 e. The normalized spacial score (nSPS) is 10.4. The Balaban J connectivity index is 2.20. The van der Waals surface area contributed by atoms with Crippen LogP contribution in [0, 0.1) is 22.7 Å². The molecule has 0 fully saturated rings. The number of aromatic nitrogens is 1. The van der Waals surface area contributed by atoms with Crippen molar-refractivity contribution in [1.82, 2.24) is 4.57 Å². The summed E-state index contributed by atoms with van der Waals surface area (Å²) in [5.41, 5.74) is 4.45. The summed E-state index contributed by atoms with van der Waals surface area (Å²) < 4.78 is 1.63. The first-order chi connectivity index (χ1) is 13.6. The number of nitriles is 2. The summed E-state index contributed by atoms with van der Waals surface area (Å²) in [4.78, 5) is 13.3. The maximum absolute atomic E-state index is 13.3. The van der Waals surface area contributed by atoms with Crippen LogP contribution in [0.15, 0.2) is 77.6 Å². The molecule has 0 unspecified atom stereocenters. The summed E-state index contributed by atoms with van der Waals surface area (Å²) >= 11 is 0. The van der Waals surface area contributed by atoms with E-state index in [4.69, 9.17) is 0 Å². The lowest BCUT2D eigenvalue weighted by atomic mass is 9.91. The van der Waals surface area contributed by atoms with Gasteiger partial charge in [0, 0.05) is 18.0 Å². The molecule has 132 valence electrons. The first-order valence-corrected chi connectivity index (χ1v) is 8.77. The molecule has 0 saturated heterocycles. The van der Waals surface area contributed by atoms with Crippen molar-refractivity contribution in [1.29, 1.82) is 10.5 Å². The van der Waals surface area contributed by atoms with E-state index in [1.165, 1.54) is 0 Å². The monoisotopic (exact) mass is 361 g/mol. The number of benzene rings is 3. The number of nitrogens with zero attached hydrogens (tertiary/aromatic N) is 3. The zero-order valence-electron chi connectivity index (χ0n) is 15.2. The molecule has 4 aromatic rings. The molecule has 4 heteroatoms. The number of fused-ring (bicyclic) bond motifs is 1. The van der Waals surface area contributed by atoms with Gasteiger partial charge in [0.2, 0.25) is 0 Å². The molecule has 0 spiro atoms. The number of rotatable bonds is 2. The van der Waals surface area contributed by atoms with Crippen LogP contribution in [0.25, 0.3) is 33.2 Å². The fraction of sp³-hybridized carbons (Fsp3) is 0.0417. The lowest BCUT2D eigenvalue weighted by Crippen LogP contribution is -2.20. The highest BCUT2D eigenvalue weighted by Crippen LogP contribution is 2.36. The Bertz CT molecular complexity index is 1370. The lowest BCUT2D eigenvalue weighted by Gasteiger charge is -2.16. The van der Waals surface area contributed by atoms with Gasteiger partial charge in [-0.3, -0.25) is 4.79 Å². The van der Waals surface area contributed by atoms with E-state index in [9.17, 15) is 15.3 Å². The molecular weight excluding hydrogens is 346 g/mol. The second-order valence-electron chi connectivity index (χ2n) is 6.52. The fourth-order valence-corrected chi connectivity index (χ4v) is 3.55. The molecule has 28 heavy (non-hydrogen) atoms. The van der Waals surface area contributed by atoms with Crippen LogP contribution in [0.3, 0.4) is 0 Å². The Labute approximate surface area is 162 Å². The van der Waals surface area contributed by atoms with Crippen LogP contribution in [-0.2, 0) is 7.05 Å². The molecule has 0 radical (unpaired) electrons. The van der Waals surface area contributed by atoms with Crippen LogP contribution >= 0.6 is 0 Å². The van der Waals surface area contributed by atoms with E-state index in [1.807, 2.05) is 42.5 Å². The first-order valence-electron chi connectivity index (χ1n) is 8.77. The Morgan fingerprint density at radius 3 is 1.93 bits per heavy atom. The van der Waals surface area contributed by atoms with Gasteiger partial charge in [-0.2, -0.15) is 10.5 Å². The Morgan fingerprint density at radius 2 is 1.32 bits per heavy atom. The van der Waals surface area contributed by atoms with E-state index < -0.39 is 0 Å². The van der Waals surface area contributed by atoms with E-state index >= 15 is 0 Å². The number of pyridine rings is 1. The van der Waals surface area contributed by atoms with Crippen molar-refractivity contribution < 1.29 is 0 Å². The molecular formula is C24H15N3O. The number of para-hydroxylation sites is 1. The van der Waals surface area contributed by atoms with Gasteiger partial charge in [-0.15, -0.1) is 0 Å². The van der Waals surface area contributed by atoms with E-state index in [2.05, 4.69) is 12.1 Å². The fourth-order valence-electron chi connectivity index (χ4n) is 3.55. The van der Waals surface area contributed by atoms with E-state index in [1.54, 1.807) is 41.9 Å². The molecule has 0 aliphatic rings. The van der Waals surface area contributed by atoms with Crippen LogP contribution in [-0.4, -0.2) is 4.57 Å². The van der Waals surface area contributed by atoms with Crippen LogP contribution in [0.2, 0.25) is 0 Å². The zero-order chi connectivity index (χ0) is 19.7. The molecule has 0 aliphatic heterocycles. The highest BCUT2D eigenvalue weighted by Gasteiger charge is 2.18. The second kappa shape index (κ2) is 6.87. The van der Waals surface area contributed by atoms with Crippen molar-refractivity contribution in [2.75, 3.05) is 0 Å². The third-order valence-electron chi connectivity index (χ3n) is 4.86. The van der Waals surface area contributed by atoms with Gasteiger partial charge < -0.3 is 4.57 Å². The van der Waals surface area contributed by atoms with Crippen molar-refractivity contribution in [3.63, 3.8) is 0 Å². The lowest BCUT2D eigenvalue weighted by molar-refractivity contribution is 0.909. The van der Waals surface area contributed by atoms with Gasteiger partial charge in [0.1, 0.15) is 0 Å². The molecule has 0 saturated carbocycles. The third kappa shape index (κ3) is 2.74. The van der Waals surface area contributed by atoms with Crippen molar-refractivity contribution in [3.05, 3.63) is 94.3 Å². The second-order valence-corrected chi connectivity index (χ2v) is 6.52. The number of hydrogen-bond acceptors (Lipinski definition) is 3. The third-order valence-corrected chi connectivity index (χ3v) is 4.86. The quantitative estimate of drug-likeness (QED) is 0.523. The van der Waals surface area contributed by atoms with Crippen LogP contribution < -0.4 is 5.56 Å². The molecule has 0 N–H and O–H groups in total. The zero-order valence-corrected chi connectivity index (χ0v) is 15.2. The molecule has 0 bridgehead atoms. The molecule has 0 aliphatic carbocycles. The van der Waals surface area contributed by atoms with Gasteiger partial charge in [-0.1, -0.05) is 42.5 Å². The van der Waals surface area contributed by atoms with Gasteiger partial charge in [-0.25, -0.2) is 0 Å². The molecule has 0 amide bonds. The van der Waals surface area contributed by atoms with Gasteiger partial charge in [0.15, 0.2) is 0 Å². The Kier molecular flexibility index (Phi) is 4.24. The smallest absolute Gasteiger partial charge is 0.259 e. The topological polar surface area (TPSA) is 69.6 Å². The SMILES string of the molecule is Cn1c(=O)c(-c2cccc(C#N)c2)c(-c2cccc(C#N)c2)c2ccccc21. The maximum Gasteiger partial charge on any atom is 0.259 e. The summed E-state index contributed by atoms with van der Waals surface area (Å²) in [6.07, 6.45) is 0. The number of hydrogen-bond donors (Lipinski definition) is 0. The molecule has 4 rings (SSSR count). The highest BCUT2D eigenvalue weighted by molar-refractivity contribution is 6.02. The van der Waals surface area contributed by atoms with Gasteiger partial charge >= 0.3 is 0 Å². The van der Waals surface area contributed by atoms with Crippen molar-refractivity contribution >= 4 is 10.9 Å². The minimum atomic E-state index is -0.147. The number of aryl methyl sites for hydroxylation is 1. The van der Waals surface area contributed by atoms with Crippen LogP contribution in [0.5, 0.6) is 0 Å². The van der Waals surface area contributed by atoms with Crippen molar-refractivity contribution in [3.8, 4) is 34.4 Å². The van der Waals surface area contributed by atoms with E-state index in [-0.39, 0.29) is 5.56 Å². The van der Waals surface area contributed by atoms with Crippen LogP contribution in [0.4, 0.5) is 0 Å².